The lowest BCUT2D eigenvalue weighted by molar-refractivity contribution is -0.119. The van der Waals surface area contributed by atoms with Gasteiger partial charge in [0.1, 0.15) is 17.2 Å². The Morgan fingerprint density at radius 2 is 0.645 bits per heavy atom. The molecule has 3 fully saturated rings. The zero-order chi connectivity index (χ0) is 64.8. The first kappa shape index (κ1) is 60.4. The van der Waals surface area contributed by atoms with Crippen molar-refractivity contribution in [2.75, 3.05) is 19.8 Å². The summed E-state index contributed by atoms with van der Waals surface area (Å²) in [6.45, 7) is 14.3. The number of allylic oxidation sites excluding steroid dienone is 6. The maximum atomic E-state index is 13.8. The minimum absolute atomic E-state index is 0.0851. The number of carbonyl (C=O) groups excluding carboxylic acids is 3. The molecule has 18 heteroatoms. The molecule has 18 rings (SSSR count). The molecule has 0 saturated heterocycles. The van der Waals surface area contributed by atoms with Crippen LogP contribution in [0, 0.1) is 16.2 Å². The van der Waals surface area contributed by atoms with E-state index in [1.165, 1.54) is 16.7 Å². The average molecular weight is 1270 g/mol. The van der Waals surface area contributed by atoms with E-state index >= 15 is 0 Å². The van der Waals surface area contributed by atoms with Crippen LogP contribution in [0.25, 0.3) is 0 Å². The lowest BCUT2D eigenvalue weighted by Gasteiger charge is -2.48. The van der Waals surface area contributed by atoms with Gasteiger partial charge in [0.05, 0.1) is 53.1 Å². The van der Waals surface area contributed by atoms with E-state index in [1.54, 1.807) is 0 Å². The van der Waals surface area contributed by atoms with E-state index in [-0.39, 0.29) is 89.9 Å². The molecule has 3 aromatic carbocycles. The number of carbonyl (C=O) groups is 3. The van der Waals surface area contributed by atoms with Crippen LogP contribution in [-0.4, -0.2) is 85.5 Å². The highest BCUT2D eigenvalue weighted by atomic mass is 19.3. The van der Waals surface area contributed by atoms with Crippen LogP contribution in [0.1, 0.15) is 223 Å². The summed E-state index contributed by atoms with van der Waals surface area (Å²) in [5.74, 6) is -5.84. The Balaban J connectivity index is 0.000000111. The molecule has 3 aromatic heterocycles. The number of fused-ring (bicyclic) bond motifs is 15. The molecule has 3 spiro atoms. The van der Waals surface area contributed by atoms with Crippen molar-refractivity contribution in [3.63, 3.8) is 0 Å². The molecular weight excluding hydrogens is 1190 g/mol. The van der Waals surface area contributed by atoms with Gasteiger partial charge < -0.3 is 14.2 Å². The fourth-order valence-electron chi connectivity index (χ4n) is 19.6. The Kier molecular flexibility index (Phi) is 13.3. The van der Waals surface area contributed by atoms with Gasteiger partial charge in [-0.2, -0.15) is 15.3 Å². The second kappa shape index (κ2) is 20.5. The number of ketones is 3. The van der Waals surface area contributed by atoms with Crippen LogP contribution in [0.4, 0.5) is 26.3 Å². The maximum Gasteiger partial charge on any atom is 0.249 e. The summed E-state index contributed by atoms with van der Waals surface area (Å²) in [4.78, 5) is 41.0. The minimum atomic E-state index is -2.62. The first-order chi connectivity index (χ1) is 44.1. The van der Waals surface area contributed by atoms with Gasteiger partial charge in [0.2, 0.25) is 17.8 Å². The van der Waals surface area contributed by atoms with Crippen LogP contribution >= 0.6 is 0 Å². The number of ether oxygens (including phenoxy) is 3. The number of nitrogens with one attached hydrogen (secondary N) is 3. The van der Waals surface area contributed by atoms with E-state index in [9.17, 15) is 40.7 Å². The van der Waals surface area contributed by atoms with Gasteiger partial charge in [-0.3, -0.25) is 29.7 Å². The molecule has 3 saturated carbocycles. The molecule has 12 aliphatic rings. The number of aromatic nitrogens is 6. The summed E-state index contributed by atoms with van der Waals surface area (Å²) in [5.41, 5.74) is 14.8. The van der Waals surface area contributed by atoms with Crippen molar-refractivity contribution < 1.29 is 54.9 Å². The maximum absolute atomic E-state index is 13.8. The summed E-state index contributed by atoms with van der Waals surface area (Å²) in [5, 5.41) is 23.4. The monoisotopic (exact) mass is 1270 g/mol. The first-order valence-electron chi connectivity index (χ1n) is 33.4. The van der Waals surface area contributed by atoms with Crippen LogP contribution in [0.15, 0.2) is 106 Å². The van der Waals surface area contributed by atoms with Gasteiger partial charge in [-0.15, -0.1) is 0 Å². The highest BCUT2D eigenvalue weighted by Crippen LogP contribution is 2.64. The van der Waals surface area contributed by atoms with Crippen molar-refractivity contribution in [2.45, 2.75) is 209 Å². The summed E-state index contributed by atoms with van der Waals surface area (Å²) >= 11 is 0. The number of para-hydroxylation sites is 3. The van der Waals surface area contributed by atoms with E-state index in [2.05, 4.69) is 72.1 Å². The smallest absolute Gasteiger partial charge is 0.249 e. The molecule has 6 heterocycles. The van der Waals surface area contributed by atoms with Gasteiger partial charge in [-0.1, -0.05) is 113 Å². The Labute approximate surface area is 536 Å². The molecular formula is C75H78F6N6O6. The van der Waals surface area contributed by atoms with Crippen molar-refractivity contribution in [1.82, 2.24) is 30.6 Å². The van der Waals surface area contributed by atoms with E-state index in [0.29, 0.717) is 77.6 Å². The van der Waals surface area contributed by atoms with Gasteiger partial charge in [-0.25, -0.2) is 26.3 Å². The van der Waals surface area contributed by atoms with Gasteiger partial charge in [0, 0.05) is 162 Å². The number of H-pyrrole nitrogens is 3. The molecule has 3 aliphatic heterocycles. The third kappa shape index (κ3) is 9.39. The van der Waals surface area contributed by atoms with Crippen LogP contribution < -0.4 is 14.2 Å². The number of aromatic amines is 3. The van der Waals surface area contributed by atoms with Crippen molar-refractivity contribution >= 4 is 17.3 Å². The lowest BCUT2D eigenvalue weighted by atomic mass is 9.55. The third-order valence-electron chi connectivity index (χ3n) is 22.9. The molecule has 0 bridgehead atoms. The largest absolute Gasteiger partial charge is 0.493 e. The van der Waals surface area contributed by atoms with Crippen LogP contribution in [0.3, 0.4) is 0 Å². The molecule has 486 valence electrons. The number of hydrogen-bond donors (Lipinski definition) is 3. The van der Waals surface area contributed by atoms with Gasteiger partial charge in [-0.05, 0) is 73.0 Å². The number of benzene rings is 3. The molecule has 12 nitrogen and oxygen atoms in total. The summed E-state index contributed by atoms with van der Waals surface area (Å²) < 4.78 is 101. The quantitative estimate of drug-likeness (QED) is 0.146. The molecule has 9 aliphatic carbocycles. The topological polar surface area (TPSA) is 165 Å². The summed E-state index contributed by atoms with van der Waals surface area (Å²) in [6.07, 6.45) is 6.80. The van der Waals surface area contributed by atoms with Crippen molar-refractivity contribution in [3.8, 4) is 17.2 Å². The van der Waals surface area contributed by atoms with Crippen LogP contribution in [0.5, 0.6) is 17.2 Å². The molecule has 6 aromatic rings. The molecule has 3 atom stereocenters. The molecule has 0 amide bonds. The number of hydrogen-bond acceptors (Lipinski definition) is 9. The fraction of sp³-hybridized carbons (Fsp3) is 0.520. The standard InChI is InChI=1S/3C25H26F2N2O2/c3*1-23(2)10-14-9-17-21(22(29-28-17)15-11-24(26,27)12-15)25(20(14)18(30)13-23)7-8-31-19-6-4-3-5-16(19)25/h3*3-6,15H,7-13H2,1-2H3,(H,28,29)/t2*25-;/m10./s1. The molecule has 3 N–H and O–H groups in total. The Morgan fingerprint density at radius 1 is 0.387 bits per heavy atom. The Hall–Kier alpha value is -7.50. The third-order valence-corrected chi connectivity index (χ3v) is 22.9. The fourth-order valence-corrected chi connectivity index (χ4v) is 19.6. The number of halogens is 6. The molecule has 0 radical (unpaired) electrons. The Morgan fingerprint density at radius 3 is 0.903 bits per heavy atom. The number of rotatable bonds is 3. The Bertz CT molecular complexity index is 3840. The van der Waals surface area contributed by atoms with E-state index in [0.717, 1.165) is 121 Å². The normalized spacial score (nSPS) is 28.5. The zero-order valence-corrected chi connectivity index (χ0v) is 53.6. The second-order valence-corrected chi connectivity index (χ2v) is 31.6. The summed E-state index contributed by atoms with van der Waals surface area (Å²) in [7, 11) is 0. The second-order valence-electron chi connectivity index (χ2n) is 31.6. The van der Waals surface area contributed by atoms with Crippen LogP contribution in [0.2, 0.25) is 0 Å². The predicted molar refractivity (Wildman–Crippen MR) is 335 cm³/mol. The summed E-state index contributed by atoms with van der Waals surface area (Å²) in [6, 6.07) is 23.7. The highest BCUT2D eigenvalue weighted by Gasteiger charge is 2.61. The van der Waals surface area contributed by atoms with E-state index < -0.39 is 34.0 Å². The highest BCUT2D eigenvalue weighted by molar-refractivity contribution is 6.04. The number of Topliss-reactive ketones (excluding diaryl/α,β-unsaturated/α-hetero) is 3. The molecule has 93 heavy (non-hydrogen) atoms. The van der Waals surface area contributed by atoms with Crippen molar-refractivity contribution in [2.24, 2.45) is 16.2 Å². The van der Waals surface area contributed by atoms with Crippen LogP contribution in [-0.2, 0) is 49.9 Å². The van der Waals surface area contributed by atoms with Crippen molar-refractivity contribution in [3.05, 3.63) is 174 Å². The van der Waals surface area contributed by atoms with E-state index in [1.807, 2.05) is 72.8 Å². The minimum Gasteiger partial charge on any atom is -0.493 e. The first-order valence-corrected chi connectivity index (χ1v) is 33.4. The van der Waals surface area contributed by atoms with Crippen molar-refractivity contribution in [1.29, 1.82) is 0 Å². The van der Waals surface area contributed by atoms with Gasteiger partial charge >= 0.3 is 0 Å². The lowest BCUT2D eigenvalue weighted by Crippen LogP contribution is -2.46. The molecule has 1 unspecified atom stereocenters. The number of alkyl halides is 6. The SMILES string of the molecule is CC1(C)CC(=O)C2=C(Cc3[nH]nc(C4CC(F)(F)C4)c3C23CCOc2ccccc23)C1.CC1(C)CC(=O)C2=C(Cc3[nH]nc(C4CC(F)(F)C4)c3[C@@]23CCOc2ccccc23)C1.CC1(C)CC(=O)C2=C(Cc3[nH]nc(C4CC(F)(F)C4)c3[C@]23CCOc2ccccc23)C1. The van der Waals surface area contributed by atoms with E-state index in [4.69, 9.17) is 14.2 Å². The average Bonchev–Trinajstić information content (AvgIpc) is 1.70. The zero-order valence-electron chi connectivity index (χ0n) is 53.6. The van der Waals surface area contributed by atoms with Gasteiger partial charge in [0.25, 0.3) is 0 Å². The predicted octanol–water partition coefficient (Wildman–Crippen LogP) is 15.7. The number of nitrogens with zero attached hydrogens (tertiary/aromatic N) is 3. The van der Waals surface area contributed by atoms with Gasteiger partial charge in [0.15, 0.2) is 17.3 Å².